The van der Waals surface area contributed by atoms with Gasteiger partial charge in [0.25, 0.3) is 0 Å². The van der Waals surface area contributed by atoms with E-state index >= 15 is 0 Å². The molecule has 76 valence electrons. The normalized spacial score (nSPS) is 8.85. The second-order valence-electron chi connectivity index (χ2n) is 2.89. The van der Waals surface area contributed by atoms with E-state index in [4.69, 9.17) is 0 Å². The maximum atomic E-state index is 3.94. The Hall–Kier alpha value is -0.310. The van der Waals surface area contributed by atoms with Gasteiger partial charge in [-0.1, -0.05) is 13.8 Å². The summed E-state index contributed by atoms with van der Waals surface area (Å²) < 4.78 is 0. The molecule has 0 saturated heterocycles. The van der Waals surface area contributed by atoms with E-state index in [9.17, 15) is 0 Å². The van der Waals surface area contributed by atoms with Gasteiger partial charge in [-0.3, -0.25) is 4.98 Å². The minimum absolute atomic E-state index is 0. The van der Waals surface area contributed by atoms with E-state index in [1.165, 1.54) is 5.56 Å². The van der Waals surface area contributed by atoms with Crippen LogP contribution in [-0.2, 0) is 6.54 Å². The van der Waals surface area contributed by atoms with Gasteiger partial charge in [-0.25, -0.2) is 0 Å². The lowest BCUT2D eigenvalue weighted by Gasteiger charge is -2.06. The van der Waals surface area contributed by atoms with Crippen LogP contribution in [0, 0.1) is 0 Å². The first-order valence-corrected chi connectivity index (χ1v) is 3.91. The predicted octanol–water partition coefficient (Wildman–Crippen LogP) is 2.42. The summed E-state index contributed by atoms with van der Waals surface area (Å²) in [6.07, 6.45) is 3.63. The van der Waals surface area contributed by atoms with Crippen LogP contribution in [0.3, 0.4) is 0 Å². The van der Waals surface area contributed by atoms with Gasteiger partial charge in [-0.05, 0) is 17.7 Å². The summed E-state index contributed by atoms with van der Waals surface area (Å²) in [5.41, 5.74) is 1.29. The van der Waals surface area contributed by atoms with Crippen molar-refractivity contribution in [3.63, 3.8) is 0 Å². The van der Waals surface area contributed by atoms with Crippen molar-refractivity contribution in [3.8, 4) is 0 Å². The highest BCUT2D eigenvalue weighted by Crippen LogP contribution is 1.95. The first-order valence-electron chi connectivity index (χ1n) is 3.91. The van der Waals surface area contributed by atoms with Crippen LogP contribution in [0.15, 0.2) is 24.5 Å². The fraction of sp³-hybridized carbons (Fsp3) is 0.444. The summed E-state index contributed by atoms with van der Waals surface area (Å²) in [6.45, 7) is 5.21. The molecule has 0 aliphatic heterocycles. The summed E-state index contributed by atoms with van der Waals surface area (Å²) in [5.74, 6) is 0. The number of nitrogens with one attached hydrogen (secondary N) is 1. The van der Waals surface area contributed by atoms with Crippen molar-refractivity contribution in [2.45, 2.75) is 26.4 Å². The molecule has 0 radical (unpaired) electrons. The standard InChI is InChI=1S/C9H14N2.2ClH/c1-8(2)11-7-9-3-5-10-6-4-9;;/h3-6,8,11H,7H2,1-2H3;2*1H. The molecule has 4 heteroatoms. The molecule has 1 N–H and O–H groups in total. The zero-order chi connectivity index (χ0) is 8.10. The Morgan fingerprint density at radius 3 is 2.23 bits per heavy atom. The van der Waals surface area contributed by atoms with Crippen LogP contribution >= 0.6 is 24.8 Å². The van der Waals surface area contributed by atoms with E-state index in [1.807, 2.05) is 24.5 Å². The van der Waals surface area contributed by atoms with Crippen LogP contribution in [0.1, 0.15) is 19.4 Å². The fourth-order valence-corrected chi connectivity index (χ4v) is 0.823. The number of aromatic nitrogens is 1. The molecule has 1 heterocycles. The molecular weight excluding hydrogens is 207 g/mol. The average molecular weight is 223 g/mol. The van der Waals surface area contributed by atoms with Crippen LogP contribution in [0.2, 0.25) is 0 Å². The molecule has 0 fully saturated rings. The smallest absolute Gasteiger partial charge is 0.0271 e. The largest absolute Gasteiger partial charge is 0.310 e. The molecule has 13 heavy (non-hydrogen) atoms. The van der Waals surface area contributed by atoms with Crippen molar-refractivity contribution >= 4 is 24.8 Å². The van der Waals surface area contributed by atoms with Gasteiger partial charge in [0.15, 0.2) is 0 Å². The van der Waals surface area contributed by atoms with E-state index < -0.39 is 0 Å². The van der Waals surface area contributed by atoms with E-state index in [2.05, 4.69) is 24.1 Å². The molecule has 2 nitrogen and oxygen atoms in total. The Balaban J connectivity index is 0. The van der Waals surface area contributed by atoms with Crippen molar-refractivity contribution in [2.75, 3.05) is 0 Å². The first kappa shape index (κ1) is 15.2. The monoisotopic (exact) mass is 222 g/mol. The van der Waals surface area contributed by atoms with Gasteiger partial charge in [0.2, 0.25) is 0 Å². The average Bonchev–Trinajstić information content (AvgIpc) is 2.03. The van der Waals surface area contributed by atoms with Crippen LogP contribution in [0.5, 0.6) is 0 Å². The summed E-state index contributed by atoms with van der Waals surface area (Å²) in [5, 5.41) is 3.33. The maximum Gasteiger partial charge on any atom is 0.0271 e. The van der Waals surface area contributed by atoms with Crippen molar-refractivity contribution in [2.24, 2.45) is 0 Å². The molecule has 1 aromatic rings. The second kappa shape index (κ2) is 8.30. The van der Waals surface area contributed by atoms with Gasteiger partial charge in [0.05, 0.1) is 0 Å². The van der Waals surface area contributed by atoms with Crippen LogP contribution in [0.25, 0.3) is 0 Å². The van der Waals surface area contributed by atoms with E-state index in [0.717, 1.165) is 6.54 Å². The Labute approximate surface area is 92.0 Å². The highest BCUT2D eigenvalue weighted by molar-refractivity contribution is 5.85. The molecule has 0 aromatic carbocycles. The predicted molar refractivity (Wildman–Crippen MR) is 60.7 cm³/mol. The quantitative estimate of drug-likeness (QED) is 0.851. The third kappa shape index (κ3) is 6.82. The Morgan fingerprint density at radius 1 is 1.23 bits per heavy atom. The number of pyridine rings is 1. The van der Waals surface area contributed by atoms with Gasteiger partial charge >= 0.3 is 0 Å². The van der Waals surface area contributed by atoms with Crippen molar-refractivity contribution in [1.82, 2.24) is 10.3 Å². The van der Waals surface area contributed by atoms with E-state index in [-0.39, 0.29) is 24.8 Å². The van der Waals surface area contributed by atoms with E-state index in [1.54, 1.807) is 0 Å². The van der Waals surface area contributed by atoms with Gasteiger partial charge in [-0.2, -0.15) is 0 Å². The van der Waals surface area contributed by atoms with E-state index in [0.29, 0.717) is 6.04 Å². The summed E-state index contributed by atoms with van der Waals surface area (Å²) >= 11 is 0. The number of halogens is 2. The Kier molecular flexibility index (Phi) is 9.68. The van der Waals surface area contributed by atoms with Gasteiger partial charge < -0.3 is 5.32 Å². The van der Waals surface area contributed by atoms with Crippen molar-refractivity contribution in [1.29, 1.82) is 0 Å². The lowest BCUT2D eigenvalue weighted by atomic mass is 10.2. The minimum Gasteiger partial charge on any atom is -0.310 e. The van der Waals surface area contributed by atoms with Crippen molar-refractivity contribution < 1.29 is 0 Å². The number of hydrogen-bond acceptors (Lipinski definition) is 2. The van der Waals surface area contributed by atoms with Crippen LogP contribution < -0.4 is 5.32 Å². The summed E-state index contributed by atoms with van der Waals surface area (Å²) in [7, 11) is 0. The van der Waals surface area contributed by atoms with Gasteiger partial charge in [-0.15, -0.1) is 24.8 Å². The molecule has 0 bridgehead atoms. The van der Waals surface area contributed by atoms with Crippen LogP contribution in [-0.4, -0.2) is 11.0 Å². The summed E-state index contributed by atoms with van der Waals surface area (Å²) in [6, 6.07) is 4.59. The SMILES string of the molecule is CC(C)NCc1ccncc1.Cl.Cl. The Morgan fingerprint density at radius 2 is 1.77 bits per heavy atom. The molecule has 0 atom stereocenters. The third-order valence-electron chi connectivity index (χ3n) is 1.46. The third-order valence-corrected chi connectivity index (χ3v) is 1.46. The molecular formula is C9H16Cl2N2. The molecule has 0 amide bonds. The highest BCUT2D eigenvalue weighted by atomic mass is 35.5. The lowest BCUT2D eigenvalue weighted by molar-refractivity contribution is 0.588. The second-order valence-corrected chi connectivity index (χ2v) is 2.89. The Bertz CT molecular complexity index is 202. The van der Waals surface area contributed by atoms with Gasteiger partial charge in [0.1, 0.15) is 0 Å². The fourth-order valence-electron chi connectivity index (χ4n) is 0.823. The lowest BCUT2D eigenvalue weighted by Crippen LogP contribution is -2.21. The first-order chi connectivity index (χ1) is 5.29. The molecule has 0 saturated carbocycles. The van der Waals surface area contributed by atoms with Gasteiger partial charge in [0, 0.05) is 25.0 Å². The zero-order valence-electron chi connectivity index (χ0n) is 7.86. The molecule has 0 unspecified atom stereocenters. The molecule has 0 spiro atoms. The number of rotatable bonds is 3. The molecule has 1 rings (SSSR count). The van der Waals surface area contributed by atoms with Crippen LogP contribution in [0.4, 0.5) is 0 Å². The number of hydrogen-bond donors (Lipinski definition) is 1. The topological polar surface area (TPSA) is 24.9 Å². The number of nitrogens with zero attached hydrogens (tertiary/aromatic N) is 1. The summed E-state index contributed by atoms with van der Waals surface area (Å²) in [4.78, 5) is 3.94. The highest BCUT2D eigenvalue weighted by Gasteiger charge is 1.92. The zero-order valence-corrected chi connectivity index (χ0v) is 9.49. The van der Waals surface area contributed by atoms with Crippen molar-refractivity contribution in [3.05, 3.63) is 30.1 Å². The molecule has 1 aromatic heterocycles. The molecule has 0 aliphatic rings. The minimum atomic E-state index is 0. The molecule has 0 aliphatic carbocycles. The maximum absolute atomic E-state index is 3.94.